The number of carboxylic acid groups (broad SMARTS) is 1. The van der Waals surface area contributed by atoms with E-state index in [0.717, 1.165) is 28.7 Å². The van der Waals surface area contributed by atoms with Crippen molar-refractivity contribution in [2.24, 2.45) is 0 Å². The van der Waals surface area contributed by atoms with Crippen molar-refractivity contribution in [1.82, 2.24) is 10.6 Å². The summed E-state index contributed by atoms with van der Waals surface area (Å²) in [7, 11) is 0. The molecule has 0 saturated carbocycles. The van der Waals surface area contributed by atoms with Crippen molar-refractivity contribution in [3.63, 3.8) is 0 Å². The third kappa shape index (κ3) is 6.55. The van der Waals surface area contributed by atoms with Crippen molar-refractivity contribution < 1.29 is 29.0 Å². The topological polar surface area (TPSA) is 114 Å². The Morgan fingerprint density at radius 2 is 1.64 bits per heavy atom. The fourth-order valence-corrected chi connectivity index (χ4v) is 3.97. The Hall–Kier alpha value is -3.39. The van der Waals surface area contributed by atoms with E-state index in [1.54, 1.807) is 0 Å². The number of hydrogen-bond acceptors (Lipinski definition) is 5. The van der Waals surface area contributed by atoms with Crippen LogP contribution in [0.1, 0.15) is 43.2 Å². The highest BCUT2D eigenvalue weighted by molar-refractivity contribution is 5.89. The van der Waals surface area contributed by atoms with Gasteiger partial charge in [0.2, 0.25) is 5.91 Å². The van der Waals surface area contributed by atoms with E-state index in [4.69, 9.17) is 14.6 Å². The SMILES string of the molecule is CCOCCCCNC(=O)C(CC(=O)O)NC(=O)OCC1c2ccccc2-c2ccccc21. The molecule has 176 valence electrons. The standard InChI is InChI=1S/C25H30N2O6/c1-2-32-14-8-7-13-26-24(30)22(15-23(28)29)27-25(31)33-16-21-19-11-5-3-9-17(19)18-10-4-6-12-20(18)21/h3-6,9-12,21-22H,2,7-8,13-16H2,1H3,(H,26,30)(H,27,31)(H,28,29). The molecule has 3 rings (SSSR count). The Morgan fingerprint density at radius 3 is 2.24 bits per heavy atom. The fourth-order valence-electron chi connectivity index (χ4n) is 3.97. The molecule has 1 atom stereocenters. The largest absolute Gasteiger partial charge is 0.481 e. The van der Waals surface area contributed by atoms with Crippen LogP contribution in [-0.2, 0) is 19.1 Å². The van der Waals surface area contributed by atoms with Gasteiger partial charge in [-0.1, -0.05) is 48.5 Å². The number of carbonyl (C=O) groups excluding carboxylic acids is 2. The zero-order chi connectivity index (χ0) is 23.6. The molecule has 0 heterocycles. The lowest BCUT2D eigenvalue weighted by Gasteiger charge is -2.18. The Bertz CT molecular complexity index is 931. The van der Waals surface area contributed by atoms with E-state index in [2.05, 4.69) is 10.6 Å². The van der Waals surface area contributed by atoms with Crippen molar-refractivity contribution >= 4 is 18.0 Å². The third-order valence-corrected chi connectivity index (χ3v) is 5.55. The Balaban J connectivity index is 1.55. The molecule has 1 aliphatic rings. The third-order valence-electron chi connectivity index (χ3n) is 5.55. The van der Waals surface area contributed by atoms with E-state index in [9.17, 15) is 14.4 Å². The number of benzene rings is 2. The van der Waals surface area contributed by atoms with Crippen LogP contribution in [0.15, 0.2) is 48.5 Å². The first kappa shape index (κ1) is 24.3. The van der Waals surface area contributed by atoms with Crippen LogP contribution in [0.3, 0.4) is 0 Å². The van der Waals surface area contributed by atoms with Crippen LogP contribution in [-0.4, -0.2) is 55.5 Å². The highest BCUT2D eigenvalue weighted by Crippen LogP contribution is 2.44. The van der Waals surface area contributed by atoms with E-state index in [-0.39, 0.29) is 12.5 Å². The number of nitrogens with one attached hydrogen (secondary N) is 2. The number of unbranched alkanes of at least 4 members (excludes halogenated alkanes) is 1. The van der Waals surface area contributed by atoms with E-state index in [0.29, 0.717) is 26.2 Å². The molecule has 0 saturated heterocycles. The van der Waals surface area contributed by atoms with Gasteiger partial charge in [0.1, 0.15) is 12.6 Å². The van der Waals surface area contributed by atoms with Crippen LogP contribution in [0.2, 0.25) is 0 Å². The number of ether oxygens (including phenoxy) is 2. The molecule has 0 fully saturated rings. The zero-order valence-corrected chi connectivity index (χ0v) is 18.7. The molecule has 0 bridgehead atoms. The van der Waals surface area contributed by atoms with Gasteiger partial charge < -0.3 is 25.2 Å². The molecule has 0 spiro atoms. The second kappa shape index (κ2) is 12.0. The molecule has 1 unspecified atom stereocenters. The van der Waals surface area contributed by atoms with Gasteiger partial charge in [0, 0.05) is 25.7 Å². The van der Waals surface area contributed by atoms with Crippen molar-refractivity contribution in [1.29, 1.82) is 0 Å². The first-order valence-electron chi connectivity index (χ1n) is 11.2. The van der Waals surface area contributed by atoms with Gasteiger partial charge in [-0.05, 0) is 42.0 Å². The van der Waals surface area contributed by atoms with Gasteiger partial charge in [0.15, 0.2) is 0 Å². The number of amides is 2. The molecule has 0 radical (unpaired) electrons. The van der Waals surface area contributed by atoms with E-state index in [1.165, 1.54) is 0 Å². The molecule has 33 heavy (non-hydrogen) atoms. The summed E-state index contributed by atoms with van der Waals surface area (Å²) in [5, 5.41) is 14.2. The van der Waals surface area contributed by atoms with Gasteiger partial charge >= 0.3 is 12.1 Å². The summed E-state index contributed by atoms with van der Waals surface area (Å²) in [5.41, 5.74) is 4.35. The van der Waals surface area contributed by atoms with Crippen LogP contribution < -0.4 is 10.6 Å². The Labute approximate surface area is 193 Å². The second-order valence-electron chi connectivity index (χ2n) is 7.82. The van der Waals surface area contributed by atoms with Crippen molar-refractivity contribution in [2.75, 3.05) is 26.4 Å². The lowest BCUT2D eigenvalue weighted by Crippen LogP contribution is -2.48. The van der Waals surface area contributed by atoms with Gasteiger partial charge in [-0.2, -0.15) is 0 Å². The molecule has 2 aromatic rings. The Morgan fingerprint density at radius 1 is 1.00 bits per heavy atom. The van der Waals surface area contributed by atoms with Crippen molar-refractivity contribution in [3.05, 3.63) is 59.7 Å². The Kier molecular flexibility index (Phi) is 8.83. The highest BCUT2D eigenvalue weighted by atomic mass is 16.5. The number of carbonyl (C=O) groups is 3. The van der Waals surface area contributed by atoms with Crippen LogP contribution >= 0.6 is 0 Å². The van der Waals surface area contributed by atoms with Crippen LogP contribution in [0, 0.1) is 0 Å². The maximum Gasteiger partial charge on any atom is 0.407 e. The normalized spacial score (nSPS) is 13.0. The average Bonchev–Trinajstić information content (AvgIpc) is 3.13. The minimum atomic E-state index is -1.22. The second-order valence-corrected chi connectivity index (χ2v) is 7.82. The van der Waals surface area contributed by atoms with Crippen molar-refractivity contribution in [2.45, 2.75) is 38.1 Å². The maximum atomic E-state index is 12.4. The minimum Gasteiger partial charge on any atom is -0.481 e. The summed E-state index contributed by atoms with van der Waals surface area (Å²) in [5.74, 6) is -1.87. The zero-order valence-electron chi connectivity index (χ0n) is 18.7. The first-order chi connectivity index (χ1) is 16.0. The van der Waals surface area contributed by atoms with Crippen LogP contribution in [0.25, 0.3) is 11.1 Å². The van der Waals surface area contributed by atoms with E-state index >= 15 is 0 Å². The lowest BCUT2D eigenvalue weighted by atomic mass is 9.98. The smallest absolute Gasteiger partial charge is 0.407 e. The molecule has 8 nitrogen and oxygen atoms in total. The number of aliphatic carboxylic acids is 1. The molecule has 2 amide bonds. The molecule has 3 N–H and O–H groups in total. The summed E-state index contributed by atoms with van der Waals surface area (Å²) in [6.07, 6.45) is 0.109. The monoisotopic (exact) mass is 454 g/mol. The minimum absolute atomic E-state index is 0.0820. The molecular formula is C25H30N2O6. The number of carboxylic acids is 1. The summed E-state index contributed by atoms with van der Waals surface area (Å²) in [6.45, 7) is 3.60. The lowest BCUT2D eigenvalue weighted by molar-refractivity contribution is -0.139. The molecule has 8 heteroatoms. The average molecular weight is 455 g/mol. The molecule has 1 aliphatic carbocycles. The van der Waals surface area contributed by atoms with Gasteiger partial charge in [0.25, 0.3) is 0 Å². The molecule has 0 aliphatic heterocycles. The summed E-state index contributed by atoms with van der Waals surface area (Å²) >= 11 is 0. The summed E-state index contributed by atoms with van der Waals surface area (Å²) < 4.78 is 10.7. The first-order valence-corrected chi connectivity index (χ1v) is 11.2. The van der Waals surface area contributed by atoms with E-state index < -0.39 is 30.4 Å². The molecule has 2 aromatic carbocycles. The predicted octanol–water partition coefficient (Wildman–Crippen LogP) is 3.30. The van der Waals surface area contributed by atoms with Crippen LogP contribution in [0.4, 0.5) is 4.79 Å². The number of hydrogen-bond donors (Lipinski definition) is 3. The molecular weight excluding hydrogens is 424 g/mol. The quantitative estimate of drug-likeness (QED) is 0.424. The van der Waals surface area contributed by atoms with Gasteiger partial charge in [-0.15, -0.1) is 0 Å². The number of rotatable bonds is 12. The predicted molar refractivity (Wildman–Crippen MR) is 123 cm³/mol. The summed E-state index contributed by atoms with van der Waals surface area (Å²) in [4.78, 5) is 36.1. The maximum absolute atomic E-state index is 12.4. The van der Waals surface area contributed by atoms with Gasteiger partial charge in [0.05, 0.1) is 6.42 Å². The van der Waals surface area contributed by atoms with Gasteiger partial charge in [-0.3, -0.25) is 9.59 Å². The summed E-state index contributed by atoms with van der Waals surface area (Å²) in [6, 6.07) is 14.7. The van der Waals surface area contributed by atoms with Gasteiger partial charge in [-0.25, -0.2) is 4.79 Å². The van der Waals surface area contributed by atoms with E-state index in [1.807, 2.05) is 55.5 Å². The fraction of sp³-hybridized carbons (Fsp3) is 0.400. The molecule has 0 aromatic heterocycles. The number of alkyl carbamates (subject to hydrolysis) is 1. The highest BCUT2D eigenvalue weighted by Gasteiger charge is 2.30. The number of fused-ring (bicyclic) bond motifs is 3. The van der Waals surface area contributed by atoms with Crippen LogP contribution in [0.5, 0.6) is 0 Å². The van der Waals surface area contributed by atoms with Crippen molar-refractivity contribution in [3.8, 4) is 11.1 Å².